The molecule has 0 aliphatic heterocycles. The lowest BCUT2D eigenvalue weighted by Gasteiger charge is -1.96. The zero-order valence-corrected chi connectivity index (χ0v) is 5.78. The van der Waals surface area contributed by atoms with Crippen molar-refractivity contribution in [3.05, 3.63) is 34.1 Å². The SMILES string of the molecule is O=[N+]([O-])c1ccnc(C(F)F)c1. The summed E-state index contributed by atoms with van der Waals surface area (Å²) in [5.74, 6) is 0. The third-order valence-electron chi connectivity index (χ3n) is 1.20. The number of hydrogen-bond donors (Lipinski definition) is 0. The van der Waals surface area contributed by atoms with Gasteiger partial charge in [-0.05, 0) is 0 Å². The highest BCUT2D eigenvalue weighted by Gasteiger charge is 2.13. The van der Waals surface area contributed by atoms with Gasteiger partial charge in [-0.15, -0.1) is 0 Å². The molecular formula is C6H4F2N2O2. The molecule has 1 heterocycles. The predicted molar refractivity (Wildman–Crippen MR) is 35.8 cm³/mol. The zero-order chi connectivity index (χ0) is 9.14. The molecule has 6 heteroatoms. The highest BCUT2D eigenvalue weighted by atomic mass is 19.3. The third kappa shape index (κ3) is 1.71. The second-order valence-corrected chi connectivity index (χ2v) is 2.00. The van der Waals surface area contributed by atoms with Gasteiger partial charge in [0.2, 0.25) is 0 Å². The molecule has 12 heavy (non-hydrogen) atoms. The number of nitro groups is 1. The van der Waals surface area contributed by atoms with E-state index in [2.05, 4.69) is 4.98 Å². The molecule has 0 spiro atoms. The maximum Gasteiger partial charge on any atom is 0.280 e. The first-order valence-electron chi connectivity index (χ1n) is 3.00. The lowest BCUT2D eigenvalue weighted by atomic mass is 10.3. The van der Waals surface area contributed by atoms with Gasteiger partial charge in [0.15, 0.2) is 0 Å². The van der Waals surface area contributed by atoms with E-state index in [9.17, 15) is 18.9 Å². The molecule has 1 rings (SSSR count). The molecule has 0 unspecified atom stereocenters. The van der Waals surface area contributed by atoms with Crippen LogP contribution in [0.15, 0.2) is 18.3 Å². The Hall–Kier alpha value is -1.59. The number of nitrogens with zero attached hydrogens (tertiary/aromatic N) is 2. The number of alkyl halides is 2. The minimum atomic E-state index is -2.77. The van der Waals surface area contributed by atoms with Crippen LogP contribution < -0.4 is 0 Å². The van der Waals surface area contributed by atoms with Gasteiger partial charge >= 0.3 is 0 Å². The molecule has 0 bridgehead atoms. The highest BCUT2D eigenvalue weighted by Crippen LogP contribution is 2.19. The van der Waals surface area contributed by atoms with Gasteiger partial charge in [-0.25, -0.2) is 8.78 Å². The number of aromatic nitrogens is 1. The van der Waals surface area contributed by atoms with E-state index < -0.39 is 17.0 Å². The monoisotopic (exact) mass is 174 g/mol. The molecule has 0 aromatic carbocycles. The van der Waals surface area contributed by atoms with Crippen molar-refractivity contribution in [3.63, 3.8) is 0 Å². The van der Waals surface area contributed by atoms with Gasteiger partial charge in [0.25, 0.3) is 12.1 Å². The van der Waals surface area contributed by atoms with E-state index in [1.807, 2.05) is 0 Å². The van der Waals surface area contributed by atoms with Crippen LogP contribution in [0.3, 0.4) is 0 Å². The maximum atomic E-state index is 11.9. The van der Waals surface area contributed by atoms with Gasteiger partial charge in [-0.1, -0.05) is 0 Å². The fourth-order valence-electron chi connectivity index (χ4n) is 0.669. The van der Waals surface area contributed by atoms with Crippen molar-refractivity contribution < 1.29 is 13.7 Å². The van der Waals surface area contributed by atoms with Gasteiger partial charge in [0.1, 0.15) is 5.69 Å². The Kier molecular flexibility index (Phi) is 2.27. The molecule has 1 aromatic rings. The van der Waals surface area contributed by atoms with E-state index in [1.54, 1.807) is 0 Å². The van der Waals surface area contributed by atoms with Crippen LogP contribution in [0.1, 0.15) is 12.1 Å². The van der Waals surface area contributed by atoms with Crippen LogP contribution in [0.2, 0.25) is 0 Å². The predicted octanol–water partition coefficient (Wildman–Crippen LogP) is 1.93. The summed E-state index contributed by atoms with van der Waals surface area (Å²) >= 11 is 0. The summed E-state index contributed by atoms with van der Waals surface area (Å²) in [4.78, 5) is 12.6. The lowest BCUT2D eigenvalue weighted by molar-refractivity contribution is -0.385. The average Bonchev–Trinajstić information content (AvgIpc) is 2.04. The Morgan fingerprint density at radius 1 is 1.58 bits per heavy atom. The maximum absolute atomic E-state index is 11.9. The van der Waals surface area contributed by atoms with E-state index in [1.165, 1.54) is 0 Å². The lowest BCUT2D eigenvalue weighted by Crippen LogP contribution is -1.93. The Morgan fingerprint density at radius 2 is 2.25 bits per heavy atom. The van der Waals surface area contributed by atoms with Crippen LogP contribution in [-0.2, 0) is 0 Å². The number of hydrogen-bond acceptors (Lipinski definition) is 3. The summed E-state index contributed by atoms with van der Waals surface area (Å²) in [6.07, 6.45) is -1.79. The summed E-state index contributed by atoms with van der Waals surface area (Å²) in [6.45, 7) is 0. The smallest absolute Gasteiger partial charge is 0.258 e. The standard InChI is InChI=1S/C6H4F2N2O2/c7-6(8)5-3-4(10(11)12)1-2-9-5/h1-3,6H. The first-order chi connectivity index (χ1) is 5.61. The highest BCUT2D eigenvalue weighted by molar-refractivity contribution is 5.29. The molecule has 0 atom stereocenters. The zero-order valence-electron chi connectivity index (χ0n) is 5.78. The largest absolute Gasteiger partial charge is 0.280 e. The van der Waals surface area contributed by atoms with Gasteiger partial charge in [-0.3, -0.25) is 15.1 Å². The molecular weight excluding hydrogens is 170 g/mol. The van der Waals surface area contributed by atoms with Crippen molar-refractivity contribution in [2.45, 2.75) is 6.43 Å². The van der Waals surface area contributed by atoms with Gasteiger partial charge < -0.3 is 0 Å². The summed E-state index contributed by atoms with van der Waals surface area (Å²) in [5.41, 5.74) is -0.954. The average molecular weight is 174 g/mol. The van der Waals surface area contributed by atoms with Crippen LogP contribution in [0.25, 0.3) is 0 Å². The third-order valence-corrected chi connectivity index (χ3v) is 1.20. The Bertz CT molecular complexity index is 303. The summed E-state index contributed by atoms with van der Waals surface area (Å²) < 4.78 is 23.9. The molecule has 0 fully saturated rings. The molecule has 0 saturated heterocycles. The Balaban J connectivity index is 3.04. The van der Waals surface area contributed by atoms with E-state index in [0.29, 0.717) is 0 Å². The van der Waals surface area contributed by atoms with Crippen molar-refractivity contribution in [2.75, 3.05) is 0 Å². The Morgan fingerprint density at radius 3 is 2.75 bits per heavy atom. The summed E-state index contributed by atoms with van der Waals surface area (Å²) in [5, 5.41) is 10.1. The van der Waals surface area contributed by atoms with E-state index >= 15 is 0 Å². The molecule has 0 amide bonds. The number of pyridine rings is 1. The molecule has 64 valence electrons. The second-order valence-electron chi connectivity index (χ2n) is 2.00. The van der Waals surface area contributed by atoms with Crippen LogP contribution in [0.4, 0.5) is 14.5 Å². The minimum Gasteiger partial charge on any atom is -0.258 e. The van der Waals surface area contributed by atoms with Crippen molar-refractivity contribution in [1.82, 2.24) is 4.98 Å². The fourth-order valence-corrected chi connectivity index (χ4v) is 0.669. The van der Waals surface area contributed by atoms with Crippen molar-refractivity contribution >= 4 is 5.69 Å². The van der Waals surface area contributed by atoms with Gasteiger partial charge in [0, 0.05) is 18.3 Å². The van der Waals surface area contributed by atoms with Gasteiger partial charge in [-0.2, -0.15) is 0 Å². The molecule has 4 nitrogen and oxygen atoms in total. The molecule has 1 aromatic heterocycles. The second kappa shape index (κ2) is 3.21. The normalized spacial score (nSPS) is 10.2. The van der Waals surface area contributed by atoms with Gasteiger partial charge in [0.05, 0.1) is 4.92 Å². The fraction of sp³-hybridized carbons (Fsp3) is 0.167. The quantitative estimate of drug-likeness (QED) is 0.508. The first-order valence-corrected chi connectivity index (χ1v) is 3.00. The molecule has 0 saturated carbocycles. The molecule has 0 aliphatic carbocycles. The van der Waals surface area contributed by atoms with Crippen LogP contribution in [0.5, 0.6) is 0 Å². The van der Waals surface area contributed by atoms with E-state index in [0.717, 1.165) is 18.3 Å². The summed E-state index contributed by atoms with van der Waals surface area (Å²) in [6, 6.07) is 1.82. The van der Waals surface area contributed by atoms with Crippen LogP contribution >= 0.6 is 0 Å². The summed E-state index contributed by atoms with van der Waals surface area (Å²) in [7, 11) is 0. The number of halogens is 2. The molecule has 0 aliphatic rings. The number of rotatable bonds is 2. The van der Waals surface area contributed by atoms with E-state index in [4.69, 9.17) is 0 Å². The Labute approximate surface area is 66.0 Å². The topological polar surface area (TPSA) is 56.0 Å². The van der Waals surface area contributed by atoms with Crippen molar-refractivity contribution in [2.24, 2.45) is 0 Å². The van der Waals surface area contributed by atoms with Crippen LogP contribution in [0, 0.1) is 10.1 Å². The minimum absolute atomic E-state index is 0.375. The molecule has 0 N–H and O–H groups in total. The van der Waals surface area contributed by atoms with Crippen molar-refractivity contribution in [1.29, 1.82) is 0 Å². The van der Waals surface area contributed by atoms with E-state index in [-0.39, 0.29) is 5.69 Å². The molecule has 0 radical (unpaired) electrons. The first kappa shape index (κ1) is 8.51. The van der Waals surface area contributed by atoms with Crippen LogP contribution in [-0.4, -0.2) is 9.91 Å². The van der Waals surface area contributed by atoms with Crippen molar-refractivity contribution in [3.8, 4) is 0 Å².